The zero-order valence-corrected chi connectivity index (χ0v) is 27.5. The molecule has 0 radical (unpaired) electrons. The number of nitrogens with one attached hydrogen (secondary N) is 1. The Morgan fingerprint density at radius 3 is 2.55 bits per heavy atom. The molecule has 0 spiro atoms. The van der Waals surface area contributed by atoms with E-state index < -0.39 is 0 Å². The molecule has 0 saturated carbocycles. The van der Waals surface area contributed by atoms with Crippen LogP contribution in [0.2, 0.25) is 10.0 Å². The molecule has 4 aromatic rings. The van der Waals surface area contributed by atoms with Gasteiger partial charge in [0.05, 0.1) is 34.4 Å². The lowest BCUT2D eigenvalue weighted by Crippen LogP contribution is -2.52. The number of thiocarbonyl (C=S) groups is 1. The lowest BCUT2D eigenvalue weighted by Gasteiger charge is -2.36. The highest BCUT2D eigenvalue weighted by Gasteiger charge is 2.28. The lowest BCUT2D eigenvalue weighted by molar-refractivity contribution is -0.139. The third kappa shape index (κ3) is 8.90. The minimum atomic E-state index is -0.208. The predicted octanol–water partition coefficient (Wildman–Crippen LogP) is 8.04. The largest absolute Gasteiger partial charge is 0.331 e. The van der Waals surface area contributed by atoms with Crippen molar-refractivity contribution in [2.24, 2.45) is 5.92 Å². The van der Waals surface area contributed by atoms with Crippen molar-refractivity contribution in [1.29, 1.82) is 5.26 Å². The Kier molecular flexibility index (Phi) is 11.9. The van der Waals surface area contributed by atoms with Gasteiger partial charge in [0.15, 0.2) is 5.11 Å². The maximum atomic E-state index is 14.3. The summed E-state index contributed by atoms with van der Waals surface area (Å²) in [5.41, 5.74) is 4.96. The lowest BCUT2D eigenvalue weighted by atomic mass is 10.1. The van der Waals surface area contributed by atoms with Gasteiger partial charge in [-0.05, 0) is 78.9 Å². The smallest absolute Gasteiger partial charge is 0.249 e. The van der Waals surface area contributed by atoms with Crippen molar-refractivity contribution in [2.45, 2.75) is 53.1 Å². The number of anilines is 1. The van der Waals surface area contributed by atoms with Gasteiger partial charge in [0.25, 0.3) is 0 Å². The summed E-state index contributed by atoms with van der Waals surface area (Å²) >= 11 is 18.9. The first-order valence-electron chi connectivity index (χ1n) is 14.5. The van der Waals surface area contributed by atoms with Crippen LogP contribution < -0.4 is 5.32 Å². The van der Waals surface area contributed by atoms with Gasteiger partial charge in [0.1, 0.15) is 0 Å². The van der Waals surface area contributed by atoms with E-state index in [9.17, 15) is 4.79 Å². The normalized spacial score (nSPS) is 11.0. The first kappa shape index (κ1) is 33.2. The van der Waals surface area contributed by atoms with Gasteiger partial charge in [-0.2, -0.15) is 5.26 Å². The molecule has 1 amide bonds. The standard InChI is InChI=1S/C34H36Cl2N6OS/c1-24(2)8-7-17-41(22-28-10-6-11-30(35)33(28)36)42(34(44)39-31-12-5-4-9-25(31)3)32(43)18-29-20-38-23-40(29)21-27-15-13-26(19-37)14-16-27/h4-6,9-16,20,23-24H,7-8,17-18,21-22H2,1-3H3,(H,39,44). The second kappa shape index (κ2) is 15.8. The average Bonchev–Trinajstić information content (AvgIpc) is 3.42. The minimum Gasteiger partial charge on any atom is -0.331 e. The maximum Gasteiger partial charge on any atom is 0.249 e. The Morgan fingerprint density at radius 2 is 1.84 bits per heavy atom. The number of nitrogens with zero attached hydrogens (tertiary/aromatic N) is 5. The summed E-state index contributed by atoms with van der Waals surface area (Å²) in [7, 11) is 0. The van der Waals surface area contributed by atoms with Crippen LogP contribution in [0.4, 0.5) is 5.69 Å². The SMILES string of the molecule is Cc1ccccc1NC(=S)N(C(=O)Cc1cncn1Cc1ccc(C#N)cc1)N(CCCC(C)C)Cc1cccc(Cl)c1Cl. The number of aromatic nitrogens is 2. The quantitative estimate of drug-likeness (QED) is 0.124. The molecule has 0 unspecified atom stereocenters. The number of imidazole rings is 1. The number of rotatable bonds is 12. The van der Waals surface area contributed by atoms with Gasteiger partial charge in [-0.25, -0.2) is 15.0 Å². The number of amides is 1. The average molecular weight is 648 g/mol. The monoisotopic (exact) mass is 646 g/mol. The molecule has 0 aliphatic rings. The summed E-state index contributed by atoms with van der Waals surface area (Å²) in [4.78, 5) is 18.7. The Bertz CT molecular complexity index is 1630. The Morgan fingerprint density at radius 1 is 1.09 bits per heavy atom. The van der Waals surface area contributed by atoms with Gasteiger partial charge in [0, 0.05) is 37.2 Å². The van der Waals surface area contributed by atoms with E-state index in [4.69, 9.17) is 40.7 Å². The fourth-order valence-electron chi connectivity index (χ4n) is 4.83. The molecule has 4 rings (SSSR count). The van der Waals surface area contributed by atoms with E-state index >= 15 is 0 Å². The van der Waals surface area contributed by atoms with E-state index in [-0.39, 0.29) is 17.4 Å². The third-order valence-corrected chi connectivity index (χ3v) is 8.38. The van der Waals surface area contributed by atoms with Crippen LogP contribution in [0.5, 0.6) is 0 Å². The molecule has 1 N–H and O–H groups in total. The maximum absolute atomic E-state index is 14.3. The van der Waals surface area contributed by atoms with Crippen LogP contribution in [0.25, 0.3) is 0 Å². The van der Waals surface area contributed by atoms with Crippen LogP contribution in [0.1, 0.15) is 54.6 Å². The Balaban J connectivity index is 1.66. The second-order valence-corrected chi connectivity index (χ2v) is 12.3. The highest BCUT2D eigenvalue weighted by Crippen LogP contribution is 2.28. The van der Waals surface area contributed by atoms with Crippen molar-refractivity contribution in [3.05, 3.63) is 117 Å². The summed E-state index contributed by atoms with van der Waals surface area (Å²) in [6.45, 7) is 7.78. The third-order valence-electron chi connectivity index (χ3n) is 7.25. The van der Waals surface area contributed by atoms with Gasteiger partial charge in [-0.3, -0.25) is 4.79 Å². The predicted molar refractivity (Wildman–Crippen MR) is 181 cm³/mol. The number of halogens is 2. The molecule has 10 heteroatoms. The number of hydrogen-bond acceptors (Lipinski definition) is 5. The van der Waals surface area contributed by atoms with Crippen LogP contribution >= 0.6 is 35.4 Å². The van der Waals surface area contributed by atoms with Gasteiger partial charge in [-0.15, -0.1) is 0 Å². The van der Waals surface area contributed by atoms with E-state index in [1.807, 2.05) is 65.0 Å². The summed E-state index contributed by atoms with van der Waals surface area (Å²) in [6, 6.07) is 22.9. The first-order valence-corrected chi connectivity index (χ1v) is 15.7. The van der Waals surface area contributed by atoms with Crippen LogP contribution in [-0.4, -0.2) is 37.1 Å². The molecule has 0 fully saturated rings. The van der Waals surface area contributed by atoms with Crippen molar-refractivity contribution in [2.75, 3.05) is 11.9 Å². The fraction of sp³-hybridized carbons (Fsp3) is 0.294. The number of carbonyl (C=O) groups is 1. The highest BCUT2D eigenvalue weighted by molar-refractivity contribution is 7.80. The topological polar surface area (TPSA) is 77.2 Å². The zero-order valence-electron chi connectivity index (χ0n) is 25.1. The Labute approximate surface area is 275 Å². The number of para-hydroxylation sites is 1. The number of hydrogen-bond donors (Lipinski definition) is 1. The van der Waals surface area contributed by atoms with Gasteiger partial charge in [-0.1, -0.05) is 79.5 Å². The van der Waals surface area contributed by atoms with Crippen molar-refractivity contribution in [3.63, 3.8) is 0 Å². The fourth-order valence-corrected chi connectivity index (χ4v) is 5.54. The van der Waals surface area contributed by atoms with E-state index in [0.717, 1.165) is 40.9 Å². The van der Waals surface area contributed by atoms with Crippen LogP contribution in [-0.2, 0) is 24.3 Å². The molecule has 3 aromatic carbocycles. The number of carbonyl (C=O) groups excluding carboxylic acids is 1. The number of nitriles is 1. The summed E-state index contributed by atoms with van der Waals surface area (Å²) in [6.07, 6.45) is 5.31. The number of benzene rings is 3. The molecule has 44 heavy (non-hydrogen) atoms. The molecule has 1 aromatic heterocycles. The van der Waals surface area contributed by atoms with Crippen LogP contribution in [0, 0.1) is 24.2 Å². The van der Waals surface area contributed by atoms with Crippen molar-refractivity contribution < 1.29 is 4.79 Å². The molecule has 0 bridgehead atoms. The molecule has 0 atom stereocenters. The molecule has 0 saturated heterocycles. The number of hydrazine groups is 1. The molecular weight excluding hydrogens is 611 g/mol. The number of aryl methyl sites for hydroxylation is 1. The van der Waals surface area contributed by atoms with Crippen molar-refractivity contribution in [1.82, 2.24) is 19.6 Å². The minimum absolute atomic E-state index is 0.0653. The van der Waals surface area contributed by atoms with Crippen LogP contribution in [0.3, 0.4) is 0 Å². The van der Waals surface area contributed by atoms with Gasteiger partial charge in [0.2, 0.25) is 5.91 Å². The summed E-state index contributed by atoms with van der Waals surface area (Å²) in [5.74, 6) is 0.296. The van der Waals surface area contributed by atoms with Crippen LogP contribution in [0.15, 0.2) is 79.3 Å². The van der Waals surface area contributed by atoms with E-state index in [1.165, 1.54) is 0 Å². The van der Waals surface area contributed by atoms with E-state index in [0.29, 0.717) is 41.2 Å². The zero-order chi connectivity index (χ0) is 31.6. The molecule has 7 nitrogen and oxygen atoms in total. The second-order valence-electron chi connectivity index (χ2n) is 11.1. The first-order chi connectivity index (χ1) is 21.2. The Hall–Kier alpha value is -3.74. The van der Waals surface area contributed by atoms with Crippen molar-refractivity contribution in [3.8, 4) is 6.07 Å². The highest BCUT2D eigenvalue weighted by atomic mass is 35.5. The molecule has 228 valence electrons. The molecule has 1 heterocycles. The summed E-state index contributed by atoms with van der Waals surface area (Å²) in [5, 5.41) is 17.2. The summed E-state index contributed by atoms with van der Waals surface area (Å²) < 4.78 is 1.94. The molecule has 0 aliphatic heterocycles. The van der Waals surface area contributed by atoms with E-state index in [2.05, 4.69) is 30.2 Å². The molecule has 0 aliphatic carbocycles. The van der Waals surface area contributed by atoms with Gasteiger partial charge >= 0.3 is 0 Å². The van der Waals surface area contributed by atoms with E-state index in [1.54, 1.807) is 35.7 Å². The van der Waals surface area contributed by atoms with Gasteiger partial charge < -0.3 is 9.88 Å². The molecular formula is C34H36Cl2N6OS. The van der Waals surface area contributed by atoms with Crippen molar-refractivity contribution >= 4 is 52.1 Å².